The Morgan fingerprint density at radius 2 is 1.57 bits per heavy atom. The smallest absolute Gasteiger partial charge is 0.291 e. The lowest BCUT2D eigenvalue weighted by molar-refractivity contribution is -0.130. The van der Waals surface area contributed by atoms with Crippen LogP contribution in [-0.2, 0) is 4.79 Å². The Labute approximate surface area is 173 Å². The first kappa shape index (κ1) is 20.7. The molecule has 0 atom stereocenters. The maximum atomic E-state index is 12.5. The number of carbonyl (C=O) groups excluding carboxylic acids is 3. The van der Waals surface area contributed by atoms with Crippen LogP contribution in [0.5, 0.6) is 5.75 Å². The molecule has 1 heterocycles. The van der Waals surface area contributed by atoms with Crippen LogP contribution < -0.4 is 15.4 Å². The van der Waals surface area contributed by atoms with E-state index in [2.05, 4.69) is 10.6 Å². The van der Waals surface area contributed by atoms with Crippen molar-refractivity contribution in [1.82, 2.24) is 4.90 Å². The fourth-order valence-corrected chi connectivity index (χ4v) is 2.44. The summed E-state index contributed by atoms with van der Waals surface area (Å²) in [6, 6.07) is 16.5. The van der Waals surface area contributed by atoms with Crippen LogP contribution in [0.25, 0.3) is 0 Å². The predicted octanol–water partition coefficient (Wildman–Crippen LogP) is 3.25. The first-order chi connectivity index (χ1) is 14.4. The summed E-state index contributed by atoms with van der Waals surface area (Å²) >= 11 is 0. The standard InChI is InChI=1S/C22H21N3O5/c1-25(2)20(26)14-30-18-6-3-5-15(13-18)21(27)23-16-8-10-17(11-9-16)24-22(28)19-7-4-12-29-19/h3-13H,14H2,1-2H3,(H,23,27)(H,24,28). The van der Waals surface area contributed by atoms with Gasteiger partial charge >= 0.3 is 0 Å². The van der Waals surface area contributed by atoms with Gasteiger partial charge in [-0.05, 0) is 54.6 Å². The van der Waals surface area contributed by atoms with E-state index in [1.165, 1.54) is 11.2 Å². The first-order valence-electron chi connectivity index (χ1n) is 9.11. The number of rotatable bonds is 7. The lowest BCUT2D eigenvalue weighted by Crippen LogP contribution is -2.27. The number of hydrogen-bond donors (Lipinski definition) is 2. The second kappa shape index (κ2) is 9.42. The molecule has 0 fully saturated rings. The van der Waals surface area contributed by atoms with Crippen LogP contribution in [0.3, 0.4) is 0 Å². The molecule has 8 nitrogen and oxygen atoms in total. The lowest BCUT2D eigenvalue weighted by Gasteiger charge is -2.12. The molecule has 8 heteroatoms. The number of nitrogens with zero attached hydrogens (tertiary/aromatic N) is 1. The van der Waals surface area contributed by atoms with E-state index in [1.807, 2.05) is 0 Å². The SMILES string of the molecule is CN(C)C(=O)COc1cccc(C(=O)Nc2ccc(NC(=O)c3ccco3)cc2)c1. The van der Waals surface area contributed by atoms with E-state index in [0.717, 1.165) is 0 Å². The Hall–Kier alpha value is -4.07. The van der Waals surface area contributed by atoms with Crippen molar-refractivity contribution in [2.75, 3.05) is 31.3 Å². The van der Waals surface area contributed by atoms with Crippen LogP contribution in [-0.4, -0.2) is 43.3 Å². The molecule has 0 saturated heterocycles. The molecule has 0 radical (unpaired) electrons. The molecule has 0 aliphatic carbocycles. The second-order valence-electron chi connectivity index (χ2n) is 6.57. The molecule has 3 amide bonds. The Morgan fingerprint density at radius 3 is 2.17 bits per heavy atom. The van der Waals surface area contributed by atoms with Crippen LogP contribution in [0, 0.1) is 0 Å². The second-order valence-corrected chi connectivity index (χ2v) is 6.57. The molecule has 2 N–H and O–H groups in total. The molecule has 0 saturated carbocycles. The van der Waals surface area contributed by atoms with Crippen molar-refractivity contribution in [3.8, 4) is 5.75 Å². The van der Waals surface area contributed by atoms with Crippen LogP contribution in [0.2, 0.25) is 0 Å². The maximum absolute atomic E-state index is 12.5. The molecular formula is C22H21N3O5. The van der Waals surface area contributed by atoms with Crippen molar-refractivity contribution >= 4 is 29.1 Å². The monoisotopic (exact) mass is 407 g/mol. The Kier molecular flexibility index (Phi) is 6.49. The number of amides is 3. The van der Waals surface area contributed by atoms with E-state index in [9.17, 15) is 14.4 Å². The number of carbonyl (C=O) groups is 3. The number of benzene rings is 2. The van der Waals surface area contributed by atoms with Gasteiger partial charge in [-0.2, -0.15) is 0 Å². The van der Waals surface area contributed by atoms with E-state index in [4.69, 9.17) is 9.15 Å². The van der Waals surface area contributed by atoms with Crippen molar-refractivity contribution in [3.63, 3.8) is 0 Å². The zero-order valence-corrected chi connectivity index (χ0v) is 16.5. The predicted molar refractivity (Wildman–Crippen MR) is 112 cm³/mol. The number of anilines is 2. The topological polar surface area (TPSA) is 101 Å². The molecule has 3 rings (SSSR count). The Balaban J connectivity index is 1.58. The maximum Gasteiger partial charge on any atom is 0.291 e. The van der Waals surface area contributed by atoms with Crippen molar-refractivity contribution in [3.05, 3.63) is 78.3 Å². The van der Waals surface area contributed by atoms with Crippen molar-refractivity contribution in [1.29, 1.82) is 0 Å². The van der Waals surface area contributed by atoms with E-state index in [-0.39, 0.29) is 30.1 Å². The van der Waals surface area contributed by atoms with Crippen LogP contribution in [0.4, 0.5) is 11.4 Å². The van der Waals surface area contributed by atoms with Gasteiger partial charge in [0.05, 0.1) is 6.26 Å². The highest BCUT2D eigenvalue weighted by Gasteiger charge is 2.11. The molecule has 0 aliphatic heterocycles. The highest BCUT2D eigenvalue weighted by atomic mass is 16.5. The average Bonchev–Trinajstić information content (AvgIpc) is 3.28. The third-order valence-electron chi connectivity index (χ3n) is 4.10. The van der Waals surface area contributed by atoms with E-state index in [0.29, 0.717) is 22.7 Å². The zero-order chi connectivity index (χ0) is 21.5. The van der Waals surface area contributed by atoms with Gasteiger partial charge in [0.15, 0.2) is 12.4 Å². The number of hydrogen-bond acceptors (Lipinski definition) is 5. The highest BCUT2D eigenvalue weighted by Crippen LogP contribution is 2.18. The quantitative estimate of drug-likeness (QED) is 0.626. The van der Waals surface area contributed by atoms with Crippen LogP contribution in [0.1, 0.15) is 20.9 Å². The summed E-state index contributed by atoms with van der Waals surface area (Å²) in [6.45, 7) is -0.108. The molecular weight excluding hydrogens is 386 g/mol. The van der Waals surface area contributed by atoms with Gasteiger partial charge in [0.2, 0.25) is 0 Å². The van der Waals surface area contributed by atoms with E-state index < -0.39 is 0 Å². The van der Waals surface area contributed by atoms with Gasteiger partial charge in [0, 0.05) is 31.0 Å². The van der Waals surface area contributed by atoms with Crippen molar-refractivity contribution in [2.45, 2.75) is 0 Å². The largest absolute Gasteiger partial charge is 0.484 e. The summed E-state index contributed by atoms with van der Waals surface area (Å²) in [6.07, 6.45) is 1.42. The van der Waals surface area contributed by atoms with Gasteiger partial charge in [-0.1, -0.05) is 6.07 Å². The summed E-state index contributed by atoms with van der Waals surface area (Å²) in [5, 5.41) is 5.48. The molecule has 0 unspecified atom stereocenters. The fourth-order valence-electron chi connectivity index (χ4n) is 2.44. The molecule has 30 heavy (non-hydrogen) atoms. The minimum absolute atomic E-state index is 0.108. The molecule has 1 aromatic heterocycles. The van der Waals surface area contributed by atoms with Gasteiger partial charge in [-0.3, -0.25) is 14.4 Å². The van der Waals surface area contributed by atoms with E-state index >= 15 is 0 Å². The summed E-state index contributed by atoms with van der Waals surface area (Å²) < 4.78 is 10.5. The molecule has 0 spiro atoms. The third kappa shape index (κ3) is 5.48. The van der Waals surface area contributed by atoms with Gasteiger partial charge in [-0.15, -0.1) is 0 Å². The minimum atomic E-state index is -0.360. The summed E-state index contributed by atoms with van der Waals surface area (Å²) in [7, 11) is 3.28. The Bertz CT molecular complexity index is 1030. The fraction of sp³-hybridized carbons (Fsp3) is 0.136. The van der Waals surface area contributed by atoms with Crippen molar-refractivity contribution in [2.24, 2.45) is 0 Å². The summed E-state index contributed by atoms with van der Waals surface area (Å²) in [5.74, 6) is -0.229. The zero-order valence-electron chi connectivity index (χ0n) is 16.5. The number of ether oxygens (including phenoxy) is 1. The third-order valence-corrected chi connectivity index (χ3v) is 4.10. The first-order valence-corrected chi connectivity index (χ1v) is 9.11. The van der Waals surface area contributed by atoms with Crippen LogP contribution >= 0.6 is 0 Å². The normalized spacial score (nSPS) is 10.2. The van der Waals surface area contributed by atoms with Crippen molar-refractivity contribution < 1.29 is 23.5 Å². The number of likely N-dealkylation sites (N-methyl/N-ethyl adjacent to an activating group) is 1. The van der Waals surface area contributed by atoms with Gasteiger partial charge < -0.3 is 24.7 Å². The van der Waals surface area contributed by atoms with E-state index in [1.54, 1.807) is 74.8 Å². The minimum Gasteiger partial charge on any atom is -0.484 e. The van der Waals surface area contributed by atoms with Gasteiger partial charge in [-0.25, -0.2) is 0 Å². The molecule has 2 aromatic carbocycles. The summed E-state index contributed by atoms with van der Waals surface area (Å²) in [5.41, 5.74) is 1.51. The highest BCUT2D eigenvalue weighted by molar-refractivity contribution is 6.05. The van der Waals surface area contributed by atoms with Crippen LogP contribution in [0.15, 0.2) is 71.3 Å². The summed E-state index contributed by atoms with van der Waals surface area (Å²) in [4.78, 5) is 37.5. The van der Waals surface area contributed by atoms with Gasteiger partial charge in [0.25, 0.3) is 17.7 Å². The molecule has 154 valence electrons. The Morgan fingerprint density at radius 1 is 0.900 bits per heavy atom. The molecule has 0 bridgehead atoms. The average molecular weight is 407 g/mol. The number of furan rings is 1. The molecule has 3 aromatic rings. The molecule has 0 aliphatic rings. The lowest BCUT2D eigenvalue weighted by atomic mass is 10.2. The number of nitrogens with one attached hydrogen (secondary N) is 2. The van der Waals surface area contributed by atoms with Gasteiger partial charge in [0.1, 0.15) is 5.75 Å².